The smallest absolute Gasteiger partial charge is 0.205 e. The second-order valence-corrected chi connectivity index (χ2v) is 14.9. The Kier molecular flexibility index (Phi) is 4.55. The summed E-state index contributed by atoms with van der Waals surface area (Å²) < 4.78 is 19.3. The molecule has 29 heavy (non-hydrogen) atoms. The Morgan fingerprint density at radius 3 is 2.45 bits per heavy atom. The number of hydrogen-bond acceptors (Lipinski definition) is 6. The predicted octanol–water partition coefficient (Wildman–Crippen LogP) is 4.16. The van der Waals surface area contributed by atoms with Crippen LogP contribution in [-0.2, 0) is 20.3 Å². The van der Waals surface area contributed by atoms with Crippen molar-refractivity contribution in [3.05, 3.63) is 40.7 Å². The average molecular weight is 416 g/mol. The van der Waals surface area contributed by atoms with E-state index in [1.165, 1.54) is 12.2 Å². The number of nitrogens with zero attached hydrogens (tertiary/aromatic N) is 1. The molecule has 0 unspecified atom stereocenters. The molecule has 3 aliphatic rings. The number of aromatic nitrogens is 1. The molecule has 3 atom stereocenters. The highest BCUT2D eigenvalue weighted by Gasteiger charge is 2.53. The standard InChI is InChI=1S/C22H29NO5Si/c1-21(2,3)29(6,7)28-15-10-12-11-23-18-14(25)9-8-13(24)17(18)16(12)20-19(15)26-22(4,5)27-20/h8-9,11,15,19-20H,10H2,1-7H3/t15-,19+,20-/m1/s1. The van der Waals surface area contributed by atoms with Gasteiger partial charge in [-0.15, -0.1) is 0 Å². The van der Waals surface area contributed by atoms with E-state index in [4.69, 9.17) is 13.9 Å². The predicted molar refractivity (Wildman–Crippen MR) is 111 cm³/mol. The van der Waals surface area contributed by atoms with Crippen LogP contribution in [0.4, 0.5) is 0 Å². The molecule has 2 heterocycles. The molecule has 4 rings (SSSR count). The molecule has 1 aromatic heterocycles. The van der Waals surface area contributed by atoms with E-state index in [2.05, 4.69) is 38.8 Å². The van der Waals surface area contributed by atoms with Crippen LogP contribution in [0.5, 0.6) is 0 Å². The van der Waals surface area contributed by atoms with Gasteiger partial charge in [0.25, 0.3) is 0 Å². The third-order valence-corrected chi connectivity index (χ3v) is 11.0. The minimum atomic E-state index is -2.06. The van der Waals surface area contributed by atoms with Gasteiger partial charge in [-0.25, -0.2) is 0 Å². The van der Waals surface area contributed by atoms with Gasteiger partial charge in [0.15, 0.2) is 19.9 Å². The molecule has 1 aliphatic heterocycles. The van der Waals surface area contributed by atoms with Crippen molar-refractivity contribution in [1.29, 1.82) is 0 Å². The van der Waals surface area contributed by atoms with Crippen molar-refractivity contribution in [2.75, 3.05) is 0 Å². The van der Waals surface area contributed by atoms with Crippen LogP contribution in [-0.4, -0.2) is 42.9 Å². The minimum Gasteiger partial charge on any atom is -0.411 e. The van der Waals surface area contributed by atoms with Crippen molar-refractivity contribution in [2.24, 2.45) is 0 Å². The van der Waals surface area contributed by atoms with Crippen molar-refractivity contribution in [1.82, 2.24) is 4.98 Å². The molecule has 7 heteroatoms. The lowest BCUT2D eigenvalue weighted by Gasteiger charge is -2.43. The lowest BCUT2D eigenvalue weighted by Crippen LogP contribution is -2.50. The Morgan fingerprint density at radius 1 is 1.14 bits per heavy atom. The van der Waals surface area contributed by atoms with E-state index in [9.17, 15) is 9.59 Å². The summed E-state index contributed by atoms with van der Waals surface area (Å²) in [6.07, 6.45) is 3.87. The van der Waals surface area contributed by atoms with Crippen LogP contribution < -0.4 is 0 Å². The summed E-state index contributed by atoms with van der Waals surface area (Å²) in [4.78, 5) is 29.3. The number of allylic oxidation sites excluding steroid dienone is 2. The molecule has 0 spiro atoms. The quantitative estimate of drug-likeness (QED) is 0.676. The van der Waals surface area contributed by atoms with Gasteiger partial charge in [-0.3, -0.25) is 14.6 Å². The maximum absolute atomic E-state index is 12.7. The topological polar surface area (TPSA) is 74.7 Å². The summed E-state index contributed by atoms with van der Waals surface area (Å²) in [5.74, 6) is -1.27. The van der Waals surface area contributed by atoms with Gasteiger partial charge in [-0.05, 0) is 49.7 Å². The molecule has 0 radical (unpaired) electrons. The maximum Gasteiger partial charge on any atom is 0.205 e. The molecule has 1 aromatic rings. The highest BCUT2D eigenvalue weighted by molar-refractivity contribution is 6.74. The Bertz CT molecular complexity index is 928. The molecule has 6 nitrogen and oxygen atoms in total. The minimum absolute atomic E-state index is 0.0546. The lowest BCUT2D eigenvalue weighted by molar-refractivity contribution is -0.153. The largest absolute Gasteiger partial charge is 0.411 e. The van der Waals surface area contributed by atoms with Gasteiger partial charge in [-0.2, -0.15) is 0 Å². The van der Waals surface area contributed by atoms with Crippen LogP contribution in [0.25, 0.3) is 0 Å². The summed E-state index contributed by atoms with van der Waals surface area (Å²) in [6, 6.07) is 0. The molecule has 1 saturated heterocycles. The first kappa shape index (κ1) is 20.6. The third kappa shape index (κ3) is 3.34. The lowest BCUT2D eigenvalue weighted by atomic mass is 9.80. The zero-order valence-electron chi connectivity index (χ0n) is 18.2. The first-order valence-corrected chi connectivity index (χ1v) is 13.0. The number of carbonyl (C=O) groups excluding carboxylic acids is 2. The van der Waals surface area contributed by atoms with Gasteiger partial charge >= 0.3 is 0 Å². The summed E-state index contributed by atoms with van der Waals surface area (Å²) in [5.41, 5.74) is 2.19. The van der Waals surface area contributed by atoms with E-state index in [0.717, 1.165) is 11.1 Å². The number of pyridine rings is 1. The average Bonchev–Trinajstić information content (AvgIpc) is 2.92. The highest BCUT2D eigenvalue weighted by Crippen LogP contribution is 2.49. The second kappa shape index (κ2) is 6.41. The number of fused-ring (bicyclic) bond motifs is 5. The molecule has 156 valence electrons. The third-order valence-electron chi connectivity index (χ3n) is 6.52. The normalized spacial score (nSPS) is 28.2. The fourth-order valence-corrected chi connectivity index (χ4v) is 5.41. The molecule has 2 aliphatic carbocycles. The summed E-state index contributed by atoms with van der Waals surface area (Å²) in [5, 5.41) is 0.0546. The van der Waals surface area contributed by atoms with E-state index in [-0.39, 0.29) is 34.5 Å². The number of hydrogen-bond donors (Lipinski definition) is 0. The van der Waals surface area contributed by atoms with E-state index in [1.807, 2.05) is 13.8 Å². The zero-order chi connectivity index (χ0) is 21.4. The van der Waals surface area contributed by atoms with Gasteiger partial charge in [0.05, 0.1) is 11.7 Å². The van der Waals surface area contributed by atoms with Gasteiger partial charge in [0.1, 0.15) is 17.9 Å². The van der Waals surface area contributed by atoms with Gasteiger partial charge in [0.2, 0.25) is 5.78 Å². The molecule has 0 saturated carbocycles. The fourth-order valence-electron chi connectivity index (χ4n) is 4.08. The summed E-state index contributed by atoms with van der Waals surface area (Å²) in [7, 11) is -2.06. The van der Waals surface area contributed by atoms with Crippen LogP contribution in [0.3, 0.4) is 0 Å². The first-order chi connectivity index (χ1) is 13.3. The molecular formula is C22H29NO5Si. The fraction of sp³-hybridized carbons (Fsp3) is 0.591. The number of ether oxygens (including phenoxy) is 2. The van der Waals surface area contributed by atoms with E-state index in [0.29, 0.717) is 12.0 Å². The Morgan fingerprint density at radius 2 is 1.79 bits per heavy atom. The van der Waals surface area contributed by atoms with Gasteiger partial charge in [-0.1, -0.05) is 20.8 Å². The van der Waals surface area contributed by atoms with Crippen LogP contribution in [0, 0.1) is 0 Å². The van der Waals surface area contributed by atoms with Crippen molar-refractivity contribution in [2.45, 2.75) is 83.3 Å². The Labute approximate surface area is 172 Å². The van der Waals surface area contributed by atoms with Gasteiger partial charge < -0.3 is 13.9 Å². The summed E-state index contributed by atoms with van der Waals surface area (Å²) >= 11 is 0. The van der Waals surface area contributed by atoms with Crippen molar-refractivity contribution >= 4 is 19.9 Å². The highest BCUT2D eigenvalue weighted by atomic mass is 28.4. The van der Waals surface area contributed by atoms with Crippen molar-refractivity contribution < 1.29 is 23.5 Å². The van der Waals surface area contributed by atoms with Gasteiger partial charge in [0, 0.05) is 18.2 Å². The van der Waals surface area contributed by atoms with E-state index in [1.54, 1.807) is 6.20 Å². The maximum atomic E-state index is 12.7. The van der Waals surface area contributed by atoms with E-state index < -0.39 is 20.2 Å². The van der Waals surface area contributed by atoms with Crippen molar-refractivity contribution in [3.8, 4) is 0 Å². The zero-order valence-corrected chi connectivity index (χ0v) is 19.2. The van der Waals surface area contributed by atoms with Crippen LogP contribution in [0.15, 0.2) is 18.3 Å². The Balaban J connectivity index is 1.82. The number of ketones is 2. The van der Waals surface area contributed by atoms with E-state index >= 15 is 0 Å². The molecule has 0 amide bonds. The van der Waals surface area contributed by atoms with Crippen LogP contribution >= 0.6 is 0 Å². The Hall–Kier alpha value is -1.67. The second-order valence-electron chi connectivity index (χ2n) is 10.1. The molecule has 0 bridgehead atoms. The van der Waals surface area contributed by atoms with Crippen LogP contribution in [0.2, 0.25) is 18.1 Å². The monoisotopic (exact) mass is 415 g/mol. The number of rotatable bonds is 2. The van der Waals surface area contributed by atoms with Crippen LogP contribution in [0.1, 0.15) is 72.7 Å². The molecule has 1 fully saturated rings. The SMILES string of the molecule is CC1(C)O[C@@H]2[C@H](O1)c1c(cnc3c1C(=O)C=CC3=O)C[C@H]2O[Si](C)(C)C(C)(C)C. The molecule has 0 N–H and O–H groups in total. The summed E-state index contributed by atoms with van der Waals surface area (Å²) in [6.45, 7) is 14.8. The molecular weight excluding hydrogens is 386 g/mol. The van der Waals surface area contributed by atoms with Crippen molar-refractivity contribution in [3.63, 3.8) is 0 Å². The first-order valence-electron chi connectivity index (χ1n) is 10.1. The molecule has 0 aromatic carbocycles. The number of carbonyl (C=O) groups is 2.